The molecule has 2 aliphatic rings. The van der Waals surface area contributed by atoms with Gasteiger partial charge < -0.3 is 5.32 Å². The highest BCUT2D eigenvalue weighted by atomic mass is 16.1. The molecule has 3 nitrogen and oxygen atoms in total. The Morgan fingerprint density at radius 1 is 1.20 bits per heavy atom. The van der Waals surface area contributed by atoms with Gasteiger partial charge in [0.15, 0.2) is 0 Å². The summed E-state index contributed by atoms with van der Waals surface area (Å²) in [6, 6.07) is 8.69. The minimum Gasteiger partial charge on any atom is -0.355 e. The fraction of sp³-hybridized carbons (Fsp3) is 0.588. The van der Waals surface area contributed by atoms with Crippen molar-refractivity contribution in [1.82, 2.24) is 10.2 Å². The first kappa shape index (κ1) is 13.6. The third-order valence-electron chi connectivity index (χ3n) is 4.66. The molecule has 0 spiro atoms. The lowest BCUT2D eigenvalue weighted by atomic mass is 10.00. The van der Waals surface area contributed by atoms with Gasteiger partial charge in [-0.1, -0.05) is 37.1 Å². The zero-order valence-electron chi connectivity index (χ0n) is 12.1. The molecule has 0 radical (unpaired) electrons. The number of carbonyl (C=O) groups excluding carboxylic acids is 1. The van der Waals surface area contributed by atoms with E-state index in [1.54, 1.807) is 0 Å². The minimum atomic E-state index is 0.278. The SMILES string of the molecule is O=C(NCCN1CCc2ccccc2C1)C1CCCC1. The van der Waals surface area contributed by atoms with Gasteiger partial charge in [0.05, 0.1) is 0 Å². The van der Waals surface area contributed by atoms with Crippen LogP contribution in [-0.2, 0) is 17.8 Å². The first-order chi connectivity index (χ1) is 9.83. The lowest BCUT2D eigenvalue weighted by molar-refractivity contribution is -0.124. The highest BCUT2D eigenvalue weighted by molar-refractivity contribution is 5.78. The first-order valence-corrected chi connectivity index (χ1v) is 7.90. The van der Waals surface area contributed by atoms with Gasteiger partial charge in [-0.05, 0) is 30.4 Å². The number of fused-ring (bicyclic) bond motifs is 1. The van der Waals surface area contributed by atoms with E-state index in [1.165, 1.54) is 24.0 Å². The Balaban J connectivity index is 1.42. The molecule has 1 heterocycles. The molecule has 1 aromatic carbocycles. The first-order valence-electron chi connectivity index (χ1n) is 7.90. The Labute approximate surface area is 121 Å². The number of hydrogen-bond donors (Lipinski definition) is 1. The van der Waals surface area contributed by atoms with Crippen molar-refractivity contribution in [1.29, 1.82) is 0 Å². The molecule has 1 fully saturated rings. The van der Waals surface area contributed by atoms with Crippen molar-refractivity contribution in [3.63, 3.8) is 0 Å². The van der Waals surface area contributed by atoms with Crippen LogP contribution in [0.4, 0.5) is 0 Å². The molecule has 1 aromatic rings. The van der Waals surface area contributed by atoms with Gasteiger partial charge in [0.2, 0.25) is 5.91 Å². The van der Waals surface area contributed by atoms with E-state index in [1.807, 2.05) is 0 Å². The largest absolute Gasteiger partial charge is 0.355 e. The van der Waals surface area contributed by atoms with Crippen LogP contribution in [0.25, 0.3) is 0 Å². The molecule has 108 valence electrons. The summed E-state index contributed by atoms with van der Waals surface area (Å²) >= 11 is 0. The second-order valence-electron chi connectivity index (χ2n) is 6.07. The Morgan fingerprint density at radius 3 is 2.75 bits per heavy atom. The summed E-state index contributed by atoms with van der Waals surface area (Å²) in [7, 11) is 0. The van der Waals surface area contributed by atoms with Gasteiger partial charge in [0.1, 0.15) is 0 Å². The summed E-state index contributed by atoms with van der Waals surface area (Å²) in [4.78, 5) is 14.4. The van der Waals surface area contributed by atoms with Crippen molar-refractivity contribution in [2.45, 2.75) is 38.6 Å². The molecule has 1 aliphatic carbocycles. The standard InChI is InChI=1S/C17H24N2O/c20-17(15-6-2-3-7-15)18-10-12-19-11-9-14-5-1-4-8-16(14)13-19/h1,4-5,8,15H,2-3,6-7,9-13H2,(H,18,20). The predicted molar refractivity (Wildman–Crippen MR) is 80.4 cm³/mol. The molecule has 1 aliphatic heterocycles. The Hall–Kier alpha value is -1.35. The van der Waals surface area contributed by atoms with Gasteiger partial charge in [-0.15, -0.1) is 0 Å². The van der Waals surface area contributed by atoms with E-state index in [4.69, 9.17) is 0 Å². The molecule has 0 atom stereocenters. The molecular formula is C17H24N2O. The van der Waals surface area contributed by atoms with Crippen LogP contribution in [0, 0.1) is 5.92 Å². The van der Waals surface area contributed by atoms with Crippen LogP contribution in [0.3, 0.4) is 0 Å². The van der Waals surface area contributed by atoms with Crippen molar-refractivity contribution in [2.75, 3.05) is 19.6 Å². The third-order valence-corrected chi connectivity index (χ3v) is 4.66. The number of nitrogens with zero attached hydrogens (tertiary/aromatic N) is 1. The van der Waals surface area contributed by atoms with Gasteiger partial charge in [-0.2, -0.15) is 0 Å². The number of benzene rings is 1. The molecule has 0 unspecified atom stereocenters. The topological polar surface area (TPSA) is 32.3 Å². The average molecular weight is 272 g/mol. The second-order valence-corrected chi connectivity index (χ2v) is 6.07. The summed E-state index contributed by atoms with van der Waals surface area (Å²) in [6.45, 7) is 3.88. The number of hydrogen-bond acceptors (Lipinski definition) is 2. The summed E-state index contributed by atoms with van der Waals surface area (Å²) in [6.07, 6.45) is 5.75. The molecule has 0 saturated heterocycles. The van der Waals surface area contributed by atoms with Gasteiger partial charge in [0.25, 0.3) is 0 Å². The van der Waals surface area contributed by atoms with E-state index in [0.717, 1.165) is 45.4 Å². The molecule has 1 amide bonds. The van der Waals surface area contributed by atoms with E-state index >= 15 is 0 Å². The summed E-state index contributed by atoms with van der Waals surface area (Å²) in [5, 5.41) is 3.12. The second kappa shape index (κ2) is 6.40. The van der Waals surface area contributed by atoms with Gasteiger partial charge in [-0.25, -0.2) is 0 Å². The van der Waals surface area contributed by atoms with Crippen LogP contribution < -0.4 is 5.32 Å². The summed E-state index contributed by atoms with van der Waals surface area (Å²) in [5.41, 5.74) is 2.93. The molecule has 0 aromatic heterocycles. The Kier molecular flexibility index (Phi) is 4.36. The molecule has 0 bridgehead atoms. The molecule has 20 heavy (non-hydrogen) atoms. The van der Waals surface area contributed by atoms with Gasteiger partial charge in [0, 0.05) is 32.1 Å². The molecule has 3 rings (SSSR count). The summed E-state index contributed by atoms with van der Waals surface area (Å²) < 4.78 is 0. The number of nitrogens with one attached hydrogen (secondary N) is 1. The Morgan fingerprint density at radius 2 is 1.95 bits per heavy atom. The average Bonchev–Trinajstić information content (AvgIpc) is 3.01. The monoisotopic (exact) mass is 272 g/mol. The Bertz CT molecular complexity index is 466. The zero-order chi connectivity index (χ0) is 13.8. The van der Waals surface area contributed by atoms with Crippen molar-refractivity contribution in [3.8, 4) is 0 Å². The highest BCUT2D eigenvalue weighted by Gasteiger charge is 2.22. The van der Waals surface area contributed by atoms with E-state index in [2.05, 4.69) is 34.5 Å². The number of amides is 1. The summed E-state index contributed by atoms with van der Waals surface area (Å²) in [5.74, 6) is 0.567. The fourth-order valence-corrected chi connectivity index (χ4v) is 3.41. The van der Waals surface area contributed by atoms with Crippen LogP contribution in [-0.4, -0.2) is 30.4 Å². The van der Waals surface area contributed by atoms with Crippen LogP contribution >= 0.6 is 0 Å². The van der Waals surface area contributed by atoms with Crippen molar-refractivity contribution >= 4 is 5.91 Å². The lowest BCUT2D eigenvalue weighted by Crippen LogP contribution is -2.39. The van der Waals surface area contributed by atoms with Crippen LogP contribution in [0.15, 0.2) is 24.3 Å². The van der Waals surface area contributed by atoms with Crippen LogP contribution in [0.1, 0.15) is 36.8 Å². The quantitative estimate of drug-likeness (QED) is 0.912. The number of rotatable bonds is 4. The van der Waals surface area contributed by atoms with E-state index in [-0.39, 0.29) is 11.8 Å². The van der Waals surface area contributed by atoms with Gasteiger partial charge in [-0.3, -0.25) is 9.69 Å². The van der Waals surface area contributed by atoms with E-state index in [0.29, 0.717) is 0 Å². The molecule has 1 N–H and O–H groups in total. The normalized spacial score (nSPS) is 19.8. The molecule has 1 saturated carbocycles. The van der Waals surface area contributed by atoms with Crippen molar-refractivity contribution in [3.05, 3.63) is 35.4 Å². The van der Waals surface area contributed by atoms with Crippen LogP contribution in [0.2, 0.25) is 0 Å². The maximum Gasteiger partial charge on any atom is 0.223 e. The molecular weight excluding hydrogens is 248 g/mol. The third kappa shape index (κ3) is 3.21. The van der Waals surface area contributed by atoms with E-state index in [9.17, 15) is 4.79 Å². The maximum atomic E-state index is 12.0. The van der Waals surface area contributed by atoms with Crippen LogP contribution in [0.5, 0.6) is 0 Å². The fourth-order valence-electron chi connectivity index (χ4n) is 3.41. The minimum absolute atomic E-state index is 0.278. The maximum absolute atomic E-state index is 12.0. The highest BCUT2D eigenvalue weighted by Crippen LogP contribution is 2.24. The smallest absolute Gasteiger partial charge is 0.223 e. The van der Waals surface area contributed by atoms with Crippen molar-refractivity contribution < 1.29 is 4.79 Å². The van der Waals surface area contributed by atoms with Crippen molar-refractivity contribution in [2.24, 2.45) is 5.92 Å². The predicted octanol–water partition coefficient (Wildman–Crippen LogP) is 2.35. The molecule has 3 heteroatoms. The lowest BCUT2D eigenvalue weighted by Gasteiger charge is -2.28. The van der Waals surface area contributed by atoms with Gasteiger partial charge >= 0.3 is 0 Å². The number of carbonyl (C=O) groups is 1. The van der Waals surface area contributed by atoms with E-state index < -0.39 is 0 Å². The zero-order valence-corrected chi connectivity index (χ0v) is 12.1.